The molecule has 0 unspecified atom stereocenters. The Labute approximate surface area is 264 Å². The van der Waals surface area contributed by atoms with E-state index >= 15 is 0 Å². The third-order valence-corrected chi connectivity index (χ3v) is 8.95. The van der Waals surface area contributed by atoms with Crippen molar-refractivity contribution in [1.29, 1.82) is 0 Å². The van der Waals surface area contributed by atoms with Gasteiger partial charge in [0.15, 0.2) is 11.5 Å². The van der Waals surface area contributed by atoms with E-state index in [2.05, 4.69) is 22.0 Å². The summed E-state index contributed by atoms with van der Waals surface area (Å²) in [5.74, 6) is 1.92. The number of allylic oxidation sites excluding steroid dienone is 1. The number of aryl methyl sites for hydroxylation is 1. The monoisotopic (exact) mass is 623 g/mol. The summed E-state index contributed by atoms with van der Waals surface area (Å²) in [4.78, 5) is 39.4. The van der Waals surface area contributed by atoms with E-state index in [-0.39, 0.29) is 17.2 Å². The maximum Gasteiger partial charge on any atom is 0.242 e. The Morgan fingerprint density at radius 1 is 1.05 bits per heavy atom. The lowest BCUT2D eigenvalue weighted by Crippen LogP contribution is -2.41. The van der Waals surface area contributed by atoms with Crippen molar-refractivity contribution in [2.75, 3.05) is 45.2 Å². The minimum Gasteiger partial charge on any atom is -0.493 e. The lowest BCUT2D eigenvalue weighted by molar-refractivity contribution is -0.122. The normalized spacial score (nSPS) is 16.3. The van der Waals surface area contributed by atoms with Gasteiger partial charge in [-0.15, -0.1) is 0 Å². The molecule has 0 saturated heterocycles. The van der Waals surface area contributed by atoms with Crippen molar-refractivity contribution in [3.63, 3.8) is 0 Å². The first-order valence-electron chi connectivity index (χ1n) is 15.3. The molecule has 0 radical (unpaired) electrons. The predicted molar refractivity (Wildman–Crippen MR) is 177 cm³/mol. The summed E-state index contributed by atoms with van der Waals surface area (Å²) in [6.45, 7) is 2.04. The highest BCUT2D eigenvalue weighted by Crippen LogP contribution is 2.50. The van der Waals surface area contributed by atoms with Gasteiger partial charge in [-0.3, -0.25) is 14.4 Å². The van der Waals surface area contributed by atoms with Gasteiger partial charge in [0.2, 0.25) is 23.0 Å². The maximum absolute atomic E-state index is 13.8. The number of anilines is 1. The largest absolute Gasteiger partial charge is 0.493 e. The van der Waals surface area contributed by atoms with Crippen LogP contribution in [0.3, 0.4) is 0 Å². The second kappa shape index (κ2) is 15.9. The molecule has 0 heterocycles. The molecule has 0 aliphatic heterocycles. The molecule has 0 fully saturated rings. The van der Waals surface area contributed by atoms with Crippen LogP contribution in [0.15, 0.2) is 40.7 Å². The van der Waals surface area contributed by atoms with Crippen LogP contribution >= 0.6 is 11.8 Å². The zero-order valence-electron chi connectivity index (χ0n) is 26.5. The summed E-state index contributed by atoms with van der Waals surface area (Å²) in [5.41, 5.74) is 4.60. The summed E-state index contributed by atoms with van der Waals surface area (Å²) in [6.07, 6.45) is 11.5. The summed E-state index contributed by atoms with van der Waals surface area (Å²) in [7, 11) is 4.70. The quantitative estimate of drug-likeness (QED) is 0.254. The maximum atomic E-state index is 13.8. The fourth-order valence-electron chi connectivity index (χ4n) is 6.12. The Kier molecular flexibility index (Phi) is 12.0. The van der Waals surface area contributed by atoms with Crippen molar-refractivity contribution < 1.29 is 23.8 Å². The van der Waals surface area contributed by atoms with Gasteiger partial charge in [0.05, 0.1) is 33.1 Å². The number of ether oxygens (including phenoxy) is 3. The zero-order valence-corrected chi connectivity index (χ0v) is 27.3. The number of hydrogen-bond donors (Lipinski definition) is 3. The molecule has 3 N–H and O–H groups in total. The van der Waals surface area contributed by atoms with E-state index in [0.29, 0.717) is 54.3 Å². The highest BCUT2D eigenvalue weighted by molar-refractivity contribution is 7.98. The molecule has 2 aromatic carbocycles. The summed E-state index contributed by atoms with van der Waals surface area (Å²) < 4.78 is 17.2. The first-order valence-corrected chi connectivity index (χ1v) is 16.7. The van der Waals surface area contributed by atoms with Crippen molar-refractivity contribution in [3.05, 3.63) is 57.3 Å². The second-order valence-electron chi connectivity index (χ2n) is 11.2. The second-order valence-corrected chi connectivity index (χ2v) is 12.2. The molecular formula is C34H45N3O6S. The molecule has 2 atom stereocenters. The Bertz CT molecular complexity index is 1440. The van der Waals surface area contributed by atoms with E-state index in [4.69, 9.17) is 14.2 Å². The van der Waals surface area contributed by atoms with E-state index in [1.807, 2.05) is 18.4 Å². The number of methoxy groups -OCH3 is 3. The number of amides is 2. The van der Waals surface area contributed by atoms with Gasteiger partial charge in [-0.2, -0.15) is 11.8 Å². The van der Waals surface area contributed by atoms with Crippen LogP contribution < -0.4 is 35.6 Å². The topological polar surface area (TPSA) is 115 Å². The van der Waals surface area contributed by atoms with Crippen LogP contribution in [0.4, 0.5) is 5.69 Å². The van der Waals surface area contributed by atoms with E-state index in [9.17, 15) is 14.4 Å². The number of rotatable bonds is 13. The van der Waals surface area contributed by atoms with E-state index in [0.717, 1.165) is 41.7 Å². The van der Waals surface area contributed by atoms with Crippen molar-refractivity contribution in [3.8, 4) is 28.4 Å². The third kappa shape index (κ3) is 7.88. The van der Waals surface area contributed by atoms with E-state index < -0.39 is 12.1 Å². The molecule has 4 rings (SSSR count). The highest BCUT2D eigenvalue weighted by atomic mass is 32.2. The highest BCUT2D eigenvalue weighted by Gasteiger charge is 2.30. The average molecular weight is 624 g/mol. The Morgan fingerprint density at radius 2 is 1.84 bits per heavy atom. The zero-order chi connectivity index (χ0) is 31.6. The van der Waals surface area contributed by atoms with Crippen LogP contribution in [0.5, 0.6) is 17.2 Å². The SMILES string of the molecule is COc1cc2c(c(OC)c1OC)-c1ccc(N[C@H](CCSC)C(=O)NCCC3=CCCCC3)c(=O)cc1[C@H](NC(C)=O)CC2. The average Bonchev–Trinajstić information content (AvgIpc) is 3.26. The summed E-state index contributed by atoms with van der Waals surface area (Å²) in [5, 5.41) is 9.38. The lowest BCUT2D eigenvalue weighted by atomic mass is 9.95. The molecule has 0 aromatic heterocycles. The molecule has 0 saturated carbocycles. The third-order valence-electron chi connectivity index (χ3n) is 8.30. The molecule has 0 spiro atoms. The van der Waals surface area contributed by atoms with Gasteiger partial charge in [-0.25, -0.2) is 0 Å². The fraction of sp³-hybridized carbons (Fsp3) is 0.500. The predicted octanol–water partition coefficient (Wildman–Crippen LogP) is 5.40. The van der Waals surface area contributed by atoms with Crippen LogP contribution in [-0.4, -0.2) is 57.7 Å². The molecule has 0 bridgehead atoms. The Hall–Kier alpha value is -3.66. The number of nitrogens with one attached hydrogen (secondary N) is 3. The van der Waals surface area contributed by atoms with Crippen LogP contribution in [0, 0.1) is 0 Å². The number of benzene rings is 1. The summed E-state index contributed by atoms with van der Waals surface area (Å²) >= 11 is 1.65. The Morgan fingerprint density at radius 3 is 2.50 bits per heavy atom. The van der Waals surface area contributed by atoms with Gasteiger partial charge >= 0.3 is 0 Å². The lowest BCUT2D eigenvalue weighted by Gasteiger charge is -2.19. The minimum absolute atomic E-state index is 0.122. The number of hydrogen-bond acceptors (Lipinski definition) is 8. The molecule has 44 heavy (non-hydrogen) atoms. The van der Waals surface area contributed by atoms with Crippen LogP contribution in [0.2, 0.25) is 0 Å². The number of carbonyl (C=O) groups is 2. The van der Waals surface area contributed by atoms with Crippen molar-refractivity contribution >= 4 is 29.3 Å². The standard InChI is InChI=1S/C34H45N3O6S/c1-21(38)36-26-13-11-23-19-30(41-2)32(42-3)33(43-4)31(23)24-12-14-27(29(39)20-25(24)26)37-28(16-18-44-5)34(40)35-17-15-22-9-7-6-8-10-22/h9,12,14,19-20,26,28H,6-8,10-11,13,15-18H2,1-5H3,(H,35,40)(H,36,38)(H,37,39)/t26-,28-/m1/s1. The van der Waals surface area contributed by atoms with Gasteiger partial charge in [0.1, 0.15) is 6.04 Å². The first kappa shape index (κ1) is 33.2. The van der Waals surface area contributed by atoms with Crippen molar-refractivity contribution in [2.45, 2.75) is 70.4 Å². The smallest absolute Gasteiger partial charge is 0.242 e. The van der Waals surface area contributed by atoms with Crippen LogP contribution in [-0.2, 0) is 16.0 Å². The van der Waals surface area contributed by atoms with Gasteiger partial charge < -0.3 is 30.2 Å². The Balaban J connectivity index is 1.73. The molecule has 2 aromatic rings. The molecule has 2 aliphatic rings. The number of thioether (sulfide) groups is 1. The molecule has 2 aliphatic carbocycles. The van der Waals surface area contributed by atoms with Crippen molar-refractivity contribution in [2.24, 2.45) is 0 Å². The number of carbonyl (C=O) groups excluding carboxylic acids is 2. The molecule has 10 heteroatoms. The first-order chi connectivity index (χ1) is 21.3. The number of fused-ring (bicyclic) bond motifs is 3. The van der Waals surface area contributed by atoms with Crippen molar-refractivity contribution in [1.82, 2.24) is 10.6 Å². The van der Waals surface area contributed by atoms with Gasteiger partial charge in [0.25, 0.3) is 0 Å². The molecule has 2 amide bonds. The van der Waals surface area contributed by atoms with Gasteiger partial charge in [0, 0.05) is 19.0 Å². The minimum atomic E-state index is -0.574. The molecular weight excluding hydrogens is 578 g/mol. The van der Waals surface area contributed by atoms with Gasteiger partial charge in [-0.1, -0.05) is 17.7 Å². The van der Waals surface area contributed by atoms with Gasteiger partial charge in [-0.05, 0) is 98.3 Å². The fourth-order valence-corrected chi connectivity index (χ4v) is 6.59. The van der Waals surface area contributed by atoms with Crippen LogP contribution in [0.25, 0.3) is 11.1 Å². The summed E-state index contributed by atoms with van der Waals surface area (Å²) in [6, 6.07) is 6.11. The van der Waals surface area contributed by atoms with E-state index in [1.165, 1.54) is 25.3 Å². The molecule has 238 valence electrons. The van der Waals surface area contributed by atoms with E-state index in [1.54, 1.807) is 45.2 Å². The van der Waals surface area contributed by atoms with Crippen LogP contribution in [0.1, 0.15) is 69.0 Å². The molecule has 9 nitrogen and oxygen atoms in total.